The summed E-state index contributed by atoms with van der Waals surface area (Å²) in [6.45, 7) is 2.79. The highest BCUT2D eigenvalue weighted by molar-refractivity contribution is 8.04. The molecule has 188 valence electrons. The van der Waals surface area contributed by atoms with Gasteiger partial charge in [0.1, 0.15) is 6.10 Å². The molecule has 0 bridgehead atoms. The summed E-state index contributed by atoms with van der Waals surface area (Å²) in [7, 11) is 0. The highest BCUT2D eigenvalue weighted by Gasteiger charge is 2.52. The summed E-state index contributed by atoms with van der Waals surface area (Å²) in [5, 5.41) is 9.84. The largest absolute Gasteiger partial charge is 0.474 e. The number of nitrogens with two attached hydrogens (primary N) is 1. The number of carbonyl (C=O) groups excluding carboxylic acids is 2. The van der Waals surface area contributed by atoms with E-state index in [-0.39, 0.29) is 47.5 Å². The second kappa shape index (κ2) is 9.29. The number of urea groups is 1. The summed E-state index contributed by atoms with van der Waals surface area (Å²) in [6, 6.07) is 1.96. The van der Waals surface area contributed by atoms with Crippen molar-refractivity contribution >= 4 is 29.4 Å². The van der Waals surface area contributed by atoms with E-state index in [1.54, 1.807) is 6.20 Å². The number of nitrogens with zero attached hydrogens (tertiary/aromatic N) is 2. The zero-order valence-corrected chi connectivity index (χ0v) is 20.9. The summed E-state index contributed by atoms with van der Waals surface area (Å²) in [6.07, 6.45) is 10.0. The normalized spacial score (nSPS) is 32.6. The molecule has 1 aromatic heterocycles. The third kappa shape index (κ3) is 4.29. The van der Waals surface area contributed by atoms with Crippen molar-refractivity contribution in [3.8, 4) is 5.88 Å². The highest BCUT2D eigenvalue weighted by atomic mass is 32.2. The third-order valence-electron chi connectivity index (χ3n) is 8.06. The van der Waals surface area contributed by atoms with Gasteiger partial charge in [-0.15, -0.1) is 0 Å². The van der Waals surface area contributed by atoms with Gasteiger partial charge in [-0.05, 0) is 70.4 Å². The molecule has 0 aromatic carbocycles. The minimum Gasteiger partial charge on any atom is -0.474 e. The first-order chi connectivity index (χ1) is 17.0. The lowest BCUT2D eigenvalue weighted by molar-refractivity contribution is -0.117. The average Bonchev–Trinajstić information content (AvgIpc) is 3.57. The summed E-state index contributed by atoms with van der Waals surface area (Å²) in [4.78, 5) is 33.7. The third-order valence-corrected chi connectivity index (χ3v) is 9.42. The molecule has 5 aliphatic rings. The number of nitrogens with one attached hydrogen (secondary N) is 3. The standard InChI is InChI=1S/C25H34N6O3S/c1-13-10-19(34-16-4-2-3-5-16)28-12-18(13)31-17-8-9-27-24-20(17)21(30-25(31)33)22(35-24)23(32)29-15-7-6-14(26)11-15/h10,12,14-17,20,24,27H,2-9,11,26H2,1H3,(H,29,32)(H,30,33)/t14-,15+,17?,20?,24?/m0/s1. The molecular weight excluding hydrogens is 464 g/mol. The maximum atomic E-state index is 13.5. The molecule has 2 aliphatic carbocycles. The Kier molecular flexibility index (Phi) is 6.14. The van der Waals surface area contributed by atoms with Crippen molar-refractivity contribution in [3.63, 3.8) is 0 Å². The quantitative estimate of drug-likeness (QED) is 0.492. The Labute approximate surface area is 210 Å². The van der Waals surface area contributed by atoms with E-state index in [0.717, 1.165) is 62.0 Å². The van der Waals surface area contributed by atoms with E-state index in [1.807, 2.05) is 17.9 Å². The van der Waals surface area contributed by atoms with Crippen LogP contribution >= 0.6 is 11.8 Å². The zero-order valence-electron chi connectivity index (χ0n) is 20.1. The van der Waals surface area contributed by atoms with Crippen LogP contribution in [0.25, 0.3) is 0 Å². The maximum absolute atomic E-state index is 13.5. The van der Waals surface area contributed by atoms with Gasteiger partial charge in [-0.25, -0.2) is 9.78 Å². The van der Waals surface area contributed by atoms with Crippen LogP contribution in [0, 0.1) is 12.8 Å². The Morgan fingerprint density at radius 2 is 2.09 bits per heavy atom. The number of thioether (sulfide) groups is 1. The fourth-order valence-electron chi connectivity index (χ4n) is 6.32. The summed E-state index contributed by atoms with van der Waals surface area (Å²) in [5.41, 5.74) is 8.55. The van der Waals surface area contributed by atoms with Crippen LogP contribution in [-0.4, -0.2) is 53.1 Å². The molecule has 3 unspecified atom stereocenters. The second-order valence-electron chi connectivity index (χ2n) is 10.5. The Balaban J connectivity index is 1.24. The Hall–Kier alpha value is -2.30. The van der Waals surface area contributed by atoms with Crippen LogP contribution in [0.1, 0.15) is 56.9 Å². The molecule has 2 saturated carbocycles. The van der Waals surface area contributed by atoms with Crippen molar-refractivity contribution in [2.45, 2.75) is 87.9 Å². The van der Waals surface area contributed by atoms with Crippen molar-refractivity contribution < 1.29 is 14.3 Å². The molecular formula is C25H34N6O3S. The number of amides is 3. The smallest absolute Gasteiger partial charge is 0.326 e. The fourth-order valence-corrected chi connectivity index (χ4v) is 7.72. The van der Waals surface area contributed by atoms with Crippen LogP contribution in [0.4, 0.5) is 10.5 Å². The number of pyridine rings is 1. The molecule has 5 atom stereocenters. The Morgan fingerprint density at radius 1 is 1.26 bits per heavy atom. The van der Waals surface area contributed by atoms with Gasteiger partial charge in [0.2, 0.25) is 5.88 Å². The van der Waals surface area contributed by atoms with E-state index < -0.39 is 0 Å². The van der Waals surface area contributed by atoms with E-state index in [1.165, 1.54) is 24.6 Å². The molecule has 1 aromatic rings. The molecule has 10 heteroatoms. The van der Waals surface area contributed by atoms with Gasteiger partial charge >= 0.3 is 6.03 Å². The van der Waals surface area contributed by atoms with Gasteiger partial charge in [-0.1, -0.05) is 11.8 Å². The molecule has 35 heavy (non-hydrogen) atoms. The minimum absolute atomic E-state index is 0.0202. The molecule has 9 nitrogen and oxygen atoms in total. The van der Waals surface area contributed by atoms with Crippen LogP contribution in [0.2, 0.25) is 0 Å². The minimum atomic E-state index is -0.202. The number of hydrogen-bond donors (Lipinski definition) is 4. The number of aromatic nitrogens is 1. The lowest BCUT2D eigenvalue weighted by Gasteiger charge is -2.46. The maximum Gasteiger partial charge on any atom is 0.326 e. The van der Waals surface area contributed by atoms with E-state index in [2.05, 4.69) is 20.9 Å². The predicted octanol–water partition coefficient (Wildman–Crippen LogP) is 2.50. The molecule has 2 saturated heterocycles. The number of anilines is 1. The molecule has 4 heterocycles. The molecule has 3 aliphatic heterocycles. The molecule has 6 rings (SSSR count). The summed E-state index contributed by atoms with van der Waals surface area (Å²) < 4.78 is 6.07. The Morgan fingerprint density at radius 3 is 2.83 bits per heavy atom. The van der Waals surface area contributed by atoms with Gasteiger partial charge in [0.05, 0.1) is 28.2 Å². The van der Waals surface area contributed by atoms with Crippen molar-refractivity contribution in [1.29, 1.82) is 0 Å². The van der Waals surface area contributed by atoms with Crippen LogP contribution < -0.4 is 31.3 Å². The zero-order chi connectivity index (χ0) is 24.1. The fraction of sp³-hybridized carbons (Fsp3) is 0.640. The van der Waals surface area contributed by atoms with Crippen molar-refractivity contribution in [1.82, 2.24) is 20.9 Å². The monoisotopic (exact) mass is 498 g/mol. The van der Waals surface area contributed by atoms with Crippen molar-refractivity contribution in [2.75, 3.05) is 11.4 Å². The molecule has 0 spiro atoms. The van der Waals surface area contributed by atoms with Crippen molar-refractivity contribution in [2.24, 2.45) is 11.7 Å². The molecule has 3 amide bonds. The van der Waals surface area contributed by atoms with Crippen LogP contribution in [0.5, 0.6) is 5.88 Å². The number of hydrogen-bond acceptors (Lipinski definition) is 7. The SMILES string of the molecule is Cc1cc(OC2CCCC2)ncc1N1C(=O)NC2=C(C(=O)N[C@@H]3CC[C@H](N)C3)SC3NCCC1C23. The number of piperidine rings is 1. The first kappa shape index (κ1) is 23.1. The molecule has 4 fully saturated rings. The first-order valence-corrected chi connectivity index (χ1v) is 13.8. The van der Waals surface area contributed by atoms with Crippen molar-refractivity contribution in [3.05, 3.63) is 28.4 Å². The van der Waals surface area contributed by atoms with Gasteiger partial charge in [-0.2, -0.15) is 0 Å². The van der Waals surface area contributed by atoms with Crippen LogP contribution in [-0.2, 0) is 4.79 Å². The number of ether oxygens (including phenoxy) is 1. The molecule has 0 radical (unpaired) electrons. The average molecular weight is 499 g/mol. The molecule has 5 N–H and O–H groups in total. The summed E-state index contributed by atoms with van der Waals surface area (Å²) >= 11 is 1.54. The predicted molar refractivity (Wildman–Crippen MR) is 135 cm³/mol. The van der Waals surface area contributed by atoms with Crippen LogP contribution in [0.15, 0.2) is 22.9 Å². The van der Waals surface area contributed by atoms with Gasteiger partial charge in [0.15, 0.2) is 0 Å². The number of rotatable bonds is 5. The van der Waals surface area contributed by atoms with E-state index in [4.69, 9.17) is 10.5 Å². The Bertz CT molecular complexity index is 1060. The highest BCUT2D eigenvalue weighted by Crippen LogP contribution is 2.48. The topological polar surface area (TPSA) is 122 Å². The lowest BCUT2D eigenvalue weighted by atomic mass is 9.86. The van der Waals surface area contributed by atoms with Gasteiger partial charge in [0.25, 0.3) is 5.91 Å². The van der Waals surface area contributed by atoms with E-state index in [0.29, 0.717) is 10.8 Å². The van der Waals surface area contributed by atoms with E-state index in [9.17, 15) is 9.59 Å². The van der Waals surface area contributed by atoms with Crippen LogP contribution in [0.3, 0.4) is 0 Å². The number of carbonyl (C=O) groups is 2. The number of aryl methyl sites for hydroxylation is 1. The van der Waals surface area contributed by atoms with Gasteiger partial charge in [0, 0.05) is 29.8 Å². The summed E-state index contributed by atoms with van der Waals surface area (Å²) in [5.74, 6) is 0.548. The van der Waals surface area contributed by atoms with Gasteiger partial charge < -0.3 is 26.4 Å². The van der Waals surface area contributed by atoms with E-state index >= 15 is 0 Å². The lowest BCUT2D eigenvalue weighted by Crippen LogP contribution is -2.62. The first-order valence-electron chi connectivity index (χ1n) is 12.9. The van der Waals surface area contributed by atoms with Gasteiger partial charge in [-0.3, -0.25) is 9.69 Å². The second-order valence-corrected chi connectivity index (χ2v) is 11.6.